The SMILES string of the molecule is CSCCC(N)C(=O)NC(C(=O)NC(C)C(=O)NC(Cc1c[nH]c2ccccc12)C(=O)O)C(C)C. The summed E-state index contributed by atoms with van der Waals surface area (Å²) in [7, 11) is 0. The molecule has 11 heteroatoms. The number of aromatic amines is 1. The lowest BCUT2D eigenvalue weighted by molar-refractivity contribution is -0.142. The molecule has 1 aromatic heterocycles. The van der Waals surface area contributed by atoms with Gasteiger partial charge in [-0.25, -0.2) is 4.79 Å². The number of fused-ring (bicyclic) bond motifs is 1. The van der Waals surface area contributed by atoms with Crippen LogP contribution in [-0.2, 0) is 25.6 Å². The number of H-pyrrole nitrogens is 1. The molecule has 0 fully saturated rings. The van der Waals surface area contributed by atoms with Crippen LogP contribution in [0.4, 0.5) is 0 Å². The summed E-state index contributed by atoms with van der Waals surface area (Å²) >= 11 is 1.57. The average Bonchev–Trinajstić information content (AvgIpc) is 3.22. The van der Waals surface area contributed by atoms with E-state index in [0.29, 0.717) is 12.2 Å². The molecular formula is C24H35N5O5S. The number of nitrogens with one attached hydrogen (secondary N) is 4. The first-order valence-electron chi connectivity index (χ1n) is 11.5. The molecule has 192 valence electrons. The van der Waals surface area contributed by atoms with Gasteiger partial charge in [0.1, 0.15) is 18.1 Å². The van der Waals surface area contributed by atoms with Crippen molar-refractivity contribution in [1.82, 2.24) is 20.9 Å². The summed E-state index contributed by atoms with van der Waals surface area (Å²) in [6.07, 6.45) is 4.18. The van der Waals surface area contributed by atoms with E-state index in [1.807, 2.05) is 30.5 Å². The van der Waals surface area contributed by atoms with Gasteiger partial charge >= 0.3 is 5.97 Å². The van der Waals surface area contributed by atoms with Crippen molar-refractivity contribution in [2.24, 2.45) is 11.7 Å². The molecule has 35 heavy (non-hydrogen) atoms. The lowest BCUT2D eigenvalue weighted by Gasteiger charge is -2.25. The number of hydrogen-bond donors (Lipinski definition) is 6. The Kier molecular flexibility index (Phi) is 10.6. The van der Waals surface area contributed by atoms with E-state index >= 15 is 0 Å². The van der Waals surface area contributed by atoms with Crippen LogP contribution >= 0.6 is 11.8 Å². The lowest BCUT2D eigenvalue weighted by atomic mass is 10.0. The Morgan fingerprint density at radius 1 is 1.03 bits per heavy atom. The number of carboxylic acid groups (broad SMARTS) is 1. The van der Waals surface area contributed by atoms with E-state index in [0.717, 1.165) is 16.5 Å². The van der Waals surface area contributed by atoms with Crippen LogP contribution in [0.5, 0.6) is 0 Å². The predicted octanol–water partition coefficient (Wildman–Crippen LogP) is 1.01. The molecule has 0 spiro atoms. The normalized spacial score (nSPS) is 14.7. The maximum atomic E-state index is 12.8. The second kappa shape index (κ2) is 13.1. The summed E-state index contributed by atoms with van der Waals surface area (Å²) in [4.78, 5) is 52.8. The van der Waals surface area contributed by atoms with E-state index in [2.05, 4.69) is 20.9 Å². The van der Waals surface area contributed by atoms with Gasteiger partial charge in [-0.1, -0.05) is 32.0 Å². The number of carbonyl (C=O) groups excluding carboxylic acids is 3. The highest BCUT2D eigenvalue weighted by Crippen LogP contribution is 2.19. The molecule has 0 aliphatic carbocycles. The van der Waals surface area contributed by atoms with Crippen LogP contribution in [0.1, 0.15) is 32.8 Å². The van der Waals surface area contributed by atoms with Gasteiger partial charge in [0.25, 0.3) is 0 Å². The Hall–Kier alpha value is -3.05. The zero-order chi connectivity index (χ0) is 26.1. The fourth-order valence-corrected chi connectivity index (χ4v) is 4.05. The first-order chi connectivity index (χ1) is 16.5. The third-order valence-corrected chi connectivity index (χ3v) is 6.33. The van der Waals surface area contributed by atoms with Crippen molar-refractivity contribution in [2.75, 3.05) is 12.0 Å². The quantitative estimate of drug-likeness (QED) is 0.236. The highest BCUT2D eigenvalue weighted by atomic mass is 32.2. The predicted molar refractivity (Wildman–Crippen MR) is 137 cm³/mol. The molecule has 2 rings (SSSR count). The first-order valence-corrected chi connectivity index (χ1v) is 12.9. The minimum Gasteiger partial charge on any atom is -0.480 e. The van der Waals surface area contributed by atoms with Gasteiger partial charge in [-0.3, -0.25) is 14.4 Å². The van der Waals surface area contributed by atoms with E-state index in [-0.39, 0.29) is 12.3 Å². The molecule has 2 aromatic rings. The minimum absolute atomic E-state index is 0.0738. The molecule has 4 atom stereocenters. The highest BCUT2D eigenvalue weighted by Gasteiger charge is 2.30. The maximum Gasteiger partial charge on any atom is 0.326 e. The molecule has 4 unspecified atom stereocenters. The topological polar surface area (TPSA) is 166 Å². The molecule has 7 N–H and O–H groups in total. The summed E-state index contributed by atoms with van der Waals surface area (Å²) in [6, 6.07) is 3.64. The number of aliphatic carboxylic acids is 1. The Bertz CT molecular complexity index is 1040. The van der Waals surface area contributed by atoms with Crippen molar-refractivity contribution < 1.29 is 24.3 Å². The maximum absolute atomic E-state index is 12.8. The summed E-state index contributed by atoms with van der Waals surface area (Å²) < 4.78 is 0. The van der Waals surface area contributed by atoms with Crippen molar-refractivity contribution in [1.29, 1.82) is 0 Å². The third kappa shape index (κ3) is 8.00. The minimum atomic E-state index is -1.19. The van der Waals surface area contributed by atoms with Crippen LogP contribution < -0.4 is 21.7 Å². The largest absolute Gasteiger partial charge is 0.480 e. The molecule has 0 saturated carbocycles. The molecule has 0 aliphatic rings. The Morgan fingerprint density at radius 3 is 2.34 bits per heavy atom. The third-order valence-electron chi connectivity index (χ3n) is 5.68. The van der Waals surface area contributed by atoms with Crippen LogP contribution in [0.15, 0.2) is 30.5 Å². The average molecular weight is 506 g/mol. The fourth-order valence-electron chi connectivity index (χ4n) is 3.56. The molecule has 10 nitrogen and oxygen atoms in total. The van der Waals surface area contributed by atoms with Crippen molar-refractivity contribution in [3.05, 3.63) is 36.0 Å². The van der Waals surface area contributed by atoms with Crippen molar-refractivity contribution in [3.63, 3.8) is 0 Å². The van der Waals surface area contributed by atoms with Gasteiger partial charge in [-0.05, 0) is 42.9 Å². The zero-order valence-corrected chi connectivity index (χ0v) is 21.3. The van der Waals surface area contributed by atoms with Gasteiger partial charge in [-0.2, -0.15) is 11.8 Å². The number of hydrogen-bond acceptors (Lipinski definition) is 6. The van der Waals surface area contributed by atoms with E-state index in [9.17, 15) is 24.3 Å². The number of aromatic nitrogens is 1. The van der Waals surface area contributed by atoms with Gasteiger partial charge in [0.2, 0.25) is 17.7 Å². The Labute approximate surface area is 209 Å². The van der Waals surface area contributed by atoms with E-state index in [1.165, 1.54) is 6.92 Å². The fraction of sp³-hybridized carbons (Fsp3) is 0.500. The molecule has 1 aromatic carbocycles. The molecule has 3 amide bonds. The molecule has 0 bridgehead atoms. The number of rotatable bonds is 13. The zero-order valence-electron chi connectivity index (χ0n) is 20.5. The first kappa shape index (κ1) is 28.2. The van der Waals surface area contributed by atoms with Crippen LogP contribution in [0.3, 0.4) is 0 Å². The van der Waals surface area contributed by atoms with E-state index in [4.69, 9.17) is 5.73 Å². The molecule has 0 radical (unpaired) electrons. The smallest absolute Gasteiger partial charge is 0.326 e. The number of benzene rings is 1. The standard InChI is InChI=1S/C24H35N5O5S/c1-13(2)20(29-22(31)17(25)9-10-35-4)23(32)27-14(3)21(30)28-19(24(33)34)11-15-12-26-18-8-6-5-7-16(15)18/h5-8,12-14,17,19-20,26H,9-11,25H2,1-4H3,(H,27,32)(H,28,30)(H,29,31)(H,33,34). The summed E-state index contributed by atoms with van der Waals surface area (Å²) in [5.74, 6) is -2.35. The molecule has 0 aliphatic heterocycles. The number of carboxylic acids is 1. The van der Waals surface area contributed by atoms with Crippen LogP contribution in [0.2, 0.25) is 0 Å². The summed E-state index contributed by atoms with van der Waals surface area (Å²) in [6.45, 7) is 5.00. The van der Waals surface area contributed by atoms with Crippen LogP contribution in [-0.4, -0.2) is 70.0 Å². The molecule has 1 heterocycles. The number of para-hydroxylation sites is 1. The molecule has 0 saturated heterocycles. The summed E-state index contributed by atoms with van der Waals surface area (Å²) in [5.41, 5.74) is 7.52. The van der Waals surface area contributed by atoms with Crippen molar-refractivity contribution in [2.45, 2.75) is 57.8 Å². The second-order valence-electron chi connectivity index (χ2n) is 8.81. The lowest BCUT2D eigenvalue weighted by Crippen LogP contribution is -2.57. The molecular weight excluding hydrogens is 470 g/mol. The Balaban J connectivity index is 2.00. The monoisotopic (exact) mass is 505 g/mol. The summed E-state index contributed by atoms with van der Waals surface area (Å²) in [5, 5.41) is 18.3. The van der Waals surface area contributed by atoms with Crippen molar-refractivity contribution in [3.8, 4) is 0 Å². The van der Waals surface area contributed by atoms with Crippen LogP contribution in [0, 0.1) is 5.92 Å². The van der Waals surface area contributed by atoms with E-state index < -0.39 is 47.9 Å². The highest BCUT2D eigenvalue weighted by molar-refractivity contribution is 7.98. The van der Waals surface area contributed by atoms with Gasteiger partial charge < -0.3 is 31.8 Å². The number of nitrogens with two attached hydrogens (primary N) is 1. The Morgan fingerprint density at radius 2 is 1.71 bits per heavy atom. The second-order valence-corrected chi connectivity index (χ2v) is 9.80. The van der Waals surface area contributed by atoms with Crippen LogP contribution in [0.25, 0.3) is 10.9 Å². The van der Waals surface area contributed by atoms with Gasteiger partial charge in [0.05, 0.1) is 6.04 Å². The van der Waals surface area contributed by atoms with Crippen molar-refractivity contribution >= 4 is 46.4 Å². The van der Waals surface area contributed by atoms with Gasteiger partial charge in [-0.15, -0.1) is 0 Å². The number of carbonyl (C=O) groups is 4. The van der Waals surface area contributed by atoms with E-state index in [1.54, 1.807) is 31.8 Å². The number of amides is 3. The van der Waals surface area contributed by atoms with Gasteiger partial charge in [0.15, 0.2) is 0 Å². The number of thioether (sulfide) groups is 1. The van der Waals surface area contributed by atoms with Gasteiger partial charge in [0, 0.05) is 23.5 Å².